The molecule has 1 unspecified atom stereocenters. The van der Waals surface area contributed by atoms with Crippen molar-refractivity contribution in [2.45, 2.75) is 32.0 Å². The van der Waals surface area contributed by atoms with Crippen molar-refractivity contribution in [1.82, 2.24) is 0 Å². The van der Waals surface area contributed by atoms with Gasteiger partial charge in [0.15, 0.2) is 0 Å². The molecule has 0 saturated heterocycles. The van der Waals surface area contributed by atoms with E-state index in [0.717, 1.165) is 18.9 Å². The predicted octanol–water partition coefficient (Wildman–Crippen LogP) is 3.43. The van der Waals surface area contributed by atoms with Crippen LogP contribution in [-0.2, 0) is 10.9 Å². The van der Waals surface area contributed by atoms with E-state index in [9.17, 15) is 22.7 Å². The fraction of sp³-hybridized carbons (Fsp3) is 0.571. The van der Waals surface area contributed by atoms with Crippen LogP contribution in [0.3, 0.4) is 0 Å². The Hall–Kier alpha value is -1.34. The van der Waals surface area contributed by atoms with Gasteiger partial charge in [-0.05, 0) is 24.6 Å². The minimum atomic E-state index is -4.54. The molecule has 0 heterocycles. The first kappa shape index (κ1) is 17.7. The van der Waals surface area contributed by atoms with Gasteiger partial charge in [-0.1, -0.05) is 13.3 Å². The van der Waals surface area contributed by atoms with Crippen LogP contribution in [0.15, 0.2) is 18.2 Å². The van der Waals surface area contributed by atoms with Crippen molar-refractivity contribution in [3.8, 4) is 0 Å². The summed E-state index contributed by atoms with van der Waals surface area (Å²) in [6.45, 7) is 2.46. The number of aliphatic hydroxyl groups excluding tert-OH is 1. The molecule has 120 valence electrons. The SMILES string of the molecule is CCCCOCC(O)CNc1cc(C(F)(F)F)ccc1F. The molecule has 0 fully saturated rings. The summed E-state index contributed by atoms with van der Waals surface area (Å²) < 4.78 is 56.1. The maximum atomic E-state index is 13.4. The number of halogens is 4. The molecule has 0 aliphatic rings. The summed E-state index contributed by atoms with van der Waals surface area (Å²) in [4.78, 5) is 0. The highest BCUT2D eigenvalue weighted by Gasteiger charge is 2.31. The van der Waals surface area contributed by atoms with Gasteiger partial charge in [-0.2, -0.15) is 13.2 Å². The Kier molecular flexibility index (Phi) is 6.91. The highest BCUT2D eigenvalue weighted by molar-refractivity contribution is 5.48. The van der Waals surface area contributed by atoms with Gasteiger partial charge in [-0.3, -0.25) is 0 Å². The summed E-state index contributed by atoms with van der Waals surface area (Å²) in [7, 11) is 0. The standard InChI is InChI=1S/C14H19F4NO2/c1-2-3-6-21-9-11(20)8-19-13-7-10(14(16,17)18)4-5-12(13)15/h4-5,7,11,19-20H,2-3,6,8-9H2,1H3. The van der Waals surface area contributed by atoms with Crippen LogP contribution in [0.4, 0.5) is 23.2 Å². The molecule has 1 atom stereocenters. The predicted molar refractivity (Wildman–Crippen MR) is 71.6 cm³/mol. The van der Waals surface area contributed by atoms with Crippen LogP contribution in [0.1, 0.15) is 25.3 Å². The quantitative estimate of drug-likeness (QED) is 0.571. The third-order valence-corrected chi connectivity index (χ3v) is 2.77. The normalized spacial score (nSPS) is 13.2. The Morgan fingerprint density at radius 3 is 2.67 bits per heavy atom. The second kappa shape index (κ2) is 8.19. The van der Waals surface area contributed by atoms with Crippen molar-refractivity contribution in [1.29, 1.82) is 0 Å². The molecule has 0 bridgehead atoms. The first-order valence-electron chi connectivity index (χ1n) is 6.71. The van der Waals surface area contributed by atoms with Crippen LogP contribution in [0.25, 0.3) is 0 Å². The van der Waals surface area contributed by atoms with Gasteiger partial charge in [0.25, 0.3) is 0 Å². The van der Waals surface area contributed by atoms with Gasteiger partial charge < -0.3 is 15.2 Å². The fourth-order valence-corrected chi connectivity index (χ4v) is 1.59. The zero-order valence-corrected chi connectivity index (χ0v) is 11.7. The molecule has 0 saturated carbocycles. The number of hydrogen-bond acceptors (Lipinski definition) is 3. The van der Waals surface area contributed by atoms with E-state index in [0.29, 0.717) is 18.7 Å². The average Bonchev–Trinajstić information content (AvgIpc) is 2.41. The van der Waals surface area contributed by atoms with Crippen LogP contribution in [-0.4, -0.2) is 31.0 Å². The molecule has 0 aliphatic heterocycles. The molecule has 2 N–H and O–H groups in total. The number of hydrogen-bond donors (Lipinski definition) is 2. The van der Waals surface area contributed by atoms with E-state index in [2.05, 4.69) is 5.32 Å². The van der Waals surface area contributed by atoms with Crippen LogP contribution < -0.4 is 5.32 Å². The first-order chi connectivity index (χ1) is 9.84. The van der Waals surface area contributed by atoms with Crippen molar-refractivity contribution >= 4 is 5.69 Å². The molecule has 0 amide bonds. The Labute approximate surface area is 120 Å². The Balaban J connectivity index is 2.51. The minimum Gasteiger partial charge on any atom is -0.389 e. The van der Waals surface area contributed by atoms with Gasteiger partial charge in [0.05, 0.1) is 24.0 Å². The lowest BCUT2D eigenvalue weighted by molar-refractivity contribution is -0.137. The molecule has 0 aromatic heterocycles. The molecule has 0 aliphatic carbocycles. The van der Waals surface area contributed by atoms with E-state index in [1.54, 1.807) is 0 Å². The molecular formula is C14H19F4NO2. The lowest BCUT2D eigenvalue weighted by atomic mass is 10.2. The van der Waals surface area contributed by atoms with Crippen molar-refractivity contribution in [3.63, 3.8) is 0 Å². The number of rotatable bonds is 8. The maximum Gasteiger partial charge on any atom is 0.416 e. The Bertz CT molecular complexity index is 437. The van der Waals surface area contributed by atoms with Crippen LogP contribution in [0, 0.1) is 5.82 Å². The summed E-state index contributed by atoms with van der Waals surface area (Å²) in [5, 5.41) is 12.1. The lowest BCUT2D eigenvalue weighted by Crippen LogP contribution is -2.25. The maximum absolute atomic E-state index is 13.4. The third-order valence-electron chi connectivity index (χ3n) is 2.77. The number of nitrogens with one attached hydrogen (secondary N) is 1. The number of alkyl halides is 3. The van der Waals surface area contributed by atoms with E-state index in [1.165, 1.54) is 0 Å². The third kappa shape index (κ3) is 6.31. The zero-order chi connectivity index (χ0) is 15.9. The average molecular weight is 309 g/mol. The molecule has 0 radical (unpaired) electrons. The number of ether oxygens (including phenoxy) is 1. The van der Waals surface area contributed by atoms with Gasteiger partial charge in [0.1, 0.15) is 5.82 Å². The monoisotopic (exact) mass is 309 g/mol. The minimum absolute atomic E-state index is 0.0492. The molecule has 21 heavy (non-hydrogen) atoms. The first-order valence-corrected chi connectivity index (χ1v) is 6.71. The van der Waals surface area contributed by atoms with Gasteiger partial charge in [-0.15, -0.1) is 0 Å². The highest BCUT2D eigenvalue weighted by Crippen LogP contribution is 2.31. The van der Waals surface area contributed by atoms with Crippen molar-refractivity contribution in [3.05, 3.63) is 29.6 Å². The van der Waals surface area contributed by atoms with Gasteiger partial charge in [0, 0.05) is 13.2 Å². The summed E-state index contributed by atoms with van der Waals surface area (Å²) in [5.41, 5.74) is -1.24. The molecular weight excluding hydrogens is 290 g/mol. The lowest BCUT2D eigenvalue weighted by Gasteiger charge is -2.15. The van der Waals surface area contributed by atoms with Crippen LogP contribution in [0.2, 0.25) is 0 Å². The topological polar surface area (TPSA) is 41.5 Å². The zero-order valence-electron chi connectivity index (χ0n) is 11.7. The summed E-state index contributed by atoms with van der Waals surface area (Å²) >= 11 is 0. The van der Waals surface area contributed by atoms with Gasteiger partial charge in [-0.25, -0.2) is 4.39 Å². The molecule has 1 rings (SSSR count). The summed E-state index contributed by atoms with van der Waals surface area (Å²) in [6.07, 6.45) is -3.63. The smallest absolute Gasteiger partial charge is 0.389 e. The van der Waals surface area contributed by atoms with Crippen LogP contribution in [0.5, 0.6) is 0 Å². The van der Waals surface area contributed by atoms with Gasteiger partial charge >= 0.3 is 6.18 Å². The van der Waals surface area contributed by atoms with E-state index < -0.39 is 23.7 Å². The van der Waals surface area contributed by atoms with Crippen molar-refractivity contribution in [2.75, 3.05) is 25.1 Å². The van der Waals surface area contributed by atoms with E-state index >= 15 is 0 Å². The van der Waals surface area contributed by atoms with Gasteiger partial charge in [0.2, 0.25) is 0 Å². The highest BCUT2D eigenvalue weighted by atomic mass is 19.4. The molecule has 3 nitrogen and oxygen atoms in total. The summed E-state index contributed by atoms with van der Waals surface area (Å²) in [5.74, 6) is -0.804. The molecule has 0 spiro atoms. The van der Waals surface area contributed by atoms with Crippen molar-refractivity contribution < 1.29 is 27.4 Å². The number of unbranched alkanes of at least 4 members (excludes halogenated alkanes) is 1. The van der Waals surface area contributed by atoms with E-state index in [1.807, 2.05) is 6.92 Å². The van der Waals surface area contributed by atoms with E-state index in [-0.39, 0.29) is 18.8 Å². The Morgan fingerprint density at radius 1 is 1.33 bits per heavy atom. The van der Waals surface area contributed by atoms with Crippen LogP contribution >= 0.6 is 0 Å². The Morgan fingerprint density at radius 2 is 2.05 bits per heavy atom. The molecule has 1 aromatic carbocycles. The molecule has 7 heteroatoms. The second-order valence-corrected chi connectivity index (χ2v) is 4.66. The summed E-state index contributed by atoms with van der Waals surface area (Å²) in [6, 6.07) is 2.10. The number of benzene rings is 1. The fourth-order valence-electron chi connectivity index (χ4n) is 1.59. The number of aliphatic hydroxyl groups is 1. The number of anilines is 1. The second-order valence-electron chi connectivity index (χ2n) is 4.66. The van der Waals surface area contributed by atoms with E-state index in [4.69, 9.17) is 4.74 Å². The largest absolute Gasteiger partial charge is 0.416 e. The van der Waals surface area contributed by atoms with Crippen molar-refractivity contribution in [2.24, 2.45) is 0 Å². The molecule has 1 aromatic rings.